The number of aliphatic hydroxyl groups excluding tert-OH is 6. The van der Waals surface area contributed by atoms with Gasteiger partial charge in [-0.1, -0.05) is 0 Å². The van der Waals surface area contributed by atoms with E-state index in [-0.39, 0.29) is 28.4 Å². The topological polar surface area (TPSA) is 258 Å². The van der Waals surface area contributed by atoms with Crippen molar-refractivity contribution in [1.82, 2.24) is 0 Å². The number of benzene rings is 2. The minimum absolute atomic E-state index is 0.0151. The van der Waals surface area contributed by atoms with Crippen LogP contribution in [0, 0.1) is 0 Å². The molecule has 44 heavy (non-hydrogen) atoms. The van der Waals surface area contributed by atoms with Crippen molar-refractivity contribution in [2.75, 3.05) is 13.7 Å². The summed E-state index contributed by atoms with van der Waals surface area (Å²) in [6.45, 7) is 0.577. The summed E-state index contributed by atoms with van der Waals surface area (Å²) in [4.78, 5) is 13.7. The summed E-state index contributed by atoms with van der Waals surface area (Å²) in [5.74, 6) is -2.28. The van der Waals surface area contributed by atoms with Crippen LogP contribution in [0.2, 0.25) is 0 Å². The number of aliphatic hydroxyl groups is 6. The van der Waals surface area contributed by atoms with Gasteiger partial charge in [0.15, 0.2) is 23.5 Å². The van der Waals surface area contributed by atoms with Gasteiger partial charge in [-0.15, -0.1) is 0 Å². The fourth-order valence-corrected chi connectivity index (χ4v) is 5.10. The number of hydrogen-bond donors (Lipinski definition) is 9. The summed E-state index contributed by atoms with van der Waals surface area (Å²) < 4.78 is 33.3. The molecular weight excluding hydrogens is 592 g/mol. The number of rotatable bonds is 7. The molecule has 3 aromatic rings. The van der Waals surface area contributed by atoms with E-state index >= 15 is 0 Å². The average Bonchev–Trinajstić information content (AvgIpc) is 2.99. The number of fused-ring (bicyclic) bond motifs is 1. The zero-order chi connectivity index (χ0) is 32.0. The Morgan fingerprint density at radius 3 is 2.23 bits per heavy atom. The van der Waals surface area contributed by atoms with Gasteiger partial charge in [0.25, 0.3) is 0 Å². The molecule has 9 N–H and O–H groups in total. The van der Waals surface area contributed by atoms with Gasteiger partial charge in [-0.2, -0.15) is 0 Å². The molecule has 0 radical (unpaired) electrons. The summed E-state index contributed by atoms with van der Waals surface area (Å²) in [6, 6.07) is 5.83. The molecule has 2 aromatic carbocycles. The van der Waals surface area contributed by atoms with Gasteiger partial charge in [0.2, 0.25) is 17.5 Å². The van der Waals surface area contributed by atoms with Crippen molar-refractivity contribution < 1.29 is 74.1 Å². The van der Waals surface area contributed by atoms with Crippen molar-refractivity contribution in [1.29, 1.82) is 0 Å². The minimum Gasteiger partial charge on any atom is -0.508 e. The first-order valence-corrected chi connectivity index (χ1v) is 13.4. The minimum atomic E-state index is -1.97. The molecule has 0 saturated carbocycles. The van der Waals surface area contributed by atoms with Crippen molar-refractivity contribution in [3.63, 3.8) is 0 Å². The monoisotopic (exact) mass is 624 g/mol. The van der Waals surface area contributed by atoms with Gasteiger partial charge in [-0.3, -0.25) is 4.79 Å². The maximum Gasteiger partial charge on any atom is 0.239 e. The van der Waals surface area contributed by atoms with Crippen molar-refractivity contribution in [2.24, 2.45) is 0 Å². The Labute approximate surface area is 248 Å². The smallest absolute Gasteiger partial charge is 0.239 e. The molecule has 0 amide bonds. The molecule has 1 aromatic heterocycles. The van der Waals surface area contributed by atoms with Crippen LogP contribution in [-0.2, 0) is 14.2 Å². The summed E-state index contributed by atoms with van der Waals surface area (Å²) in [7, 11) is 1.28. The van der Waals surface area contributed by atoms with E-state index < -0.39 is 96.1 Å². The van der Waals surface area contributed by atoms with Crippen LogP contribution >= 0.6 is 0 Å². The van der Waals surface area contributed by atoms with Gasteiger partial charge in [0.05, 0.1) is 19.8 Å². The summed E-state index contributed by atoms with van der Waals surface area (Å²) in [6.07, 6.45) is -16.2. The van der Waals surface area contributed by atoms with E-state index in [0.29, 0.717) is 0 Å². The van der Waals surface area contributed by atoms with Gasteiger partial charge in [-0.25, -0.2) is 0 Å². The highest BCUT2D eigenvalue weighted by atomic mass is 16.7. The van der Waals surface area contributed by atoms with E-state index in [9.17, 15) is 50.8 Å². The third kappa shape index (κ3) is 5.63. The number of methoxy groups -OCH3 is 1. The Balaban J connectivity index is 1.51. The lowest BCUT2D eigenvalue weighted by Crippen LogP contribution is -2.64. The first kappa shape index (κ1) is 31.7. The largest absolute Gasteiger partial charge is 0.508 e. The van der Waals surface area contributed by atoms with Gasteiger partial charge >= 0.3 is 0 Å². The highest BCUT2D eigenvalue weighted by molar-refractivity contribution is 5.88. The van der Waals surface area contributed by atoms with E-state index in [4.69, 9.17) is 28.1 Å². The molecular formula is C28H32O16. The molecule has 2 aliphatic heterocycles. The summed E-state index contributed by atoms with van der Waals surface area (Å²) in [5, 5.41) is 92.4. The molecule has 16 nitrogen and oxygen atoms in total. The van der Waals surface area contributed by atoms with Crippen LogP contribution in [0.5, 0.6) is 28.7 Å². The van der Waals surface area contributed by atoms with E-state index in [2.05, 4.69) is 0 Å². The zero-order valence-corrected chi connectivity index (χ0v) is 23.3. The maximum atomic E-state index is 13.7. The Morgan fingerprint density at radius 1 is 0.841 bits per heavy atom. The summed E-state index contributed by atoms with van der Waals surface area (Å²) >= 11 is 0. The number of ether oxygens (including phenoxy) is 5. The molecule has 0 bridgehead atoms. The van der Waals surface area contributed by atoms with E-state index in [1.54, 1.807) is 0 Å². The molecule has 0 aliphatic carbocycles. The van der Waals surface area contributed by atoms with Gasteiger partial charge < -0.3 is 74.1 Å². The number of phenolic OH excluding ortho intramolecular Hbond substituents is 3. The molecule has 0 spiro atoms. The summed E-state index contributed by atoms with van der Waals surface area (Å²) in [5.41, 5.74) is -1.11. The number of aromatic hydroxyl groups is 3. The van der Waals surface area contributed by atoms with E-state index in [0.717, 1.165) is 12.1 Å². The van der Waals surface area contributed by atoms with Gasteiger partial charge in [0, 0.05) is 17.7 Å². The van der Waals surface area contributed by atoms with Crippen LogP contribution < -0.4 is 14.9 Å². The molecule has 16 heteroatoms. The van der Waals surface area contributed by atoms with Crippen LogP contribution in [0.25, 0.3) is 22.3 Å². The zero-order valence-electron chi connectivity index (χ0n) is 23.3. The van der Waals surface area contributed by atoms with Gasteiger partial charge in [-0.05, 0) is 25.1 Å². The van der Waals surface area contributed by atoms with Crippen molar-refractivity contribution in [2.45, 2.75) is 68.3 Å². The van der Waals surface area contributed by atoms with Crippen molar-refractivity contribution >= 4 is 11.0 Å². The molecule has 240 valence electrons. The fourth-order valence-electron chi connectivity index (χ4n) is 5.10. The highest BCUT2D eigenvalue weighted by Gasteiger charge is 2.51. The number of hydrogen-bond acceptors (Lipinski definition) is 16. The first-order valence-electron chi connectivity index (χ1n) is 13.4. The molecule has 5 rings (SSSR count). The lowest BCUT2D eigenvalue weighted by molar-refractivity contribution is -0.349. The second-order valence-electron chi connectivity index (χ2n) is 10.4. The van der Waals surface area contributed by atoms with E-state index in [1.165, 1.54) is 32.2 Å². The van der Waals surface area contributed by atoms with Crippen LogP contribution in [-0.4, -0.2) is 121 Å². The Morgan fingerprint density at radius 2 is 1.55 bits per heavy atom. The number of phenols is 3. The predicted octanol–water partition coefficient (Wildman–Crippen LogP) is -1.38. The van der Waals surface area contributed by atoms with Crippen LogP contribution in [0.4, 0.5) is 0 Å². The second kappa shape index (κ2) is 12.4. The molecule has 3 heterocycles. The maximum absolute atomic E-state index is 13.7. The van der Waals surface area contributed by atoms with Crippen molar-refractivity contribution in [3.8, 4) is 40.1 Å². The molecule has 2 saturated heterocycles. The SMILES string of the molecule is COc1cc(-c2oc3cc(O)cc(O)c3c(=O)c2O[C@H]2O[C@@H](CO)[C@H](O[C@@H]3O[C@H](C)[C@@H](O)[C@H](O)[C@@H]3O)[C@@H](O)[C@@H]2O)ccc1O. The Kier molecular flexibility index (Phi) is 8.90. The average molecular weight is 625 g/mol. The van der Waals surface area contributed by atoms with Crippen LogP contribution in [0.1, 0.15) is 6.92 Å². The van der Waals surface area contributed by atoms with Crippen LogP contribution in [0.15, 0.2) is 39.5 Å². The first-order chi connectivity index (χ1) is 20.9. The third-order valence-electron chi connectivity index (χ3n) is 7.51. The molecule has 2 fully saturated rings. The lowest BCUT2D eigenvalue weighted by atomic mass is 9.97. The normalized spacial score (nSPS) is 32.5. The van der Waals surface area contributed by atoms with E-state index in [1.807, 2.05) is 0 Å². The highest BCUT2D eigenvalue weighted by Crippen LogP contribution is 2.40. The standard InChI is InChI=1S/C28H32O16/c1-9-18(33)20(35)22(37)27(40-9)43-25-16(8-29)42-28(23(38)21(25)36)44-26-19(34)17-13(32)6-11(30)7-15(17)41-24(26)10-3-4-12(31)14(5-10)39-2/h3-7,9,16,18,20-23,25,27-33,35-38H,8H2,1-2H3/t9-,16+,18-,20+,21+,22+,23+,25+,27+,28-/m1/s1. The fraction of sp³-hybridized carbons (Fsp3) is 0.464. The second-order valence-corrected chi connectivity index (χ2v) is 10.4. The molecule has 2 aliphatic rings. The predicted molar refractivity (Wildman–Crippen MR) is 145 cm³/mol. The van der Waals surface area contributed by atoms with Gasteiger partial charge in [0.1, 0.15) is 65.2 Å². The lowest BCUT2D eigenvalue weighted by Gasteiger charge is -2.45. The third-order valence-corrected chi connectivity index (χ3v) is 7.51. The Bertz CT molecular complexity index is 1550. The molecule has 10 atom stereocenters. The Hall–Kier alpha value is -3.71. The quantitative estimate of drug-likeness (QED) is 0.147. The van der Waals surface area contributed by atoms with Crippen LogP contribution in [0.3, 0.4) is 0 Å². The van der Waals surface area contributed by atoms with Crippen molar-refractivity contribution in [3.05, 3.63) is 40.6 Å². The molecule has 0 unspecified atom stereocenters.